The first-order valence-electron chi connectivity index (χ1n) is 6.74. The Balaban J connectivity index is 2.21. The van der Waals surface area contributed by atoms with E-state index in [1.807, 2.05) is 23.1 Å². The number of rotatable bonds is 2. The van der Waals surface area contributed by atoms with E-state index in [0.29, 0.717) is 17.2 Å². The molecule has 1 heterocycles. The number of nitrogens with zero attached hydrogens (tertiary/aromatic N) is 1. The summed E-state index contributed by atoms with van der Waals surface area (Å²) in [6, 6.07) is 5.56. The molecule has 1 aliphatic heterocycles. The predicted molar refractivity (Wildman–Crippen MR) is 79.6 cm³/mol. The number of hydrogen-bond donors (Lipinski definition) is 0. The lowest BCUT2D eigenvalue weighted by molar-refractivity contribution is 0.0757. The molecule has 2 rings (SSSR count). The fraction of sp³-hybridized carbons (Fsp3) is 0.533. The van der Waals surface area contributed by atoms with E-state index < -0.39 is 0 Å². The van der Waals surface area contributed by atoms with Crippen molar-refractivity contribution in [3.63, 3.8) is 0 Å². The van der Waals surface area contributed by atoms with Gasteiger partial charge in [-0.25, -0.2) is 0 Å². The third-order valence-corrected chi connectivity index (χ3v) is 4.19. The number of methoxy groups -OCH3 is 1. The van der Waals surface area contributed by atoms with Gasteiger partial charge in [0.2, 0.25) is 0 Å². The molecule has 1 fully saturated rings. The molecule has 1 aromatic carbocycles. The van der Waals surface area contributed by atoms with E-state index in [9.17, 15) is 4.79 Å². The van der Waals surface area contributed by atoms with Crippen molar-refractivity contribution in [3.05, 3.63) is 28.2 Å². The topological polar surface area (TPSA) is 29.5 Å². The van der Waals surface area contributed by atoms with Gasteiger partial charge in [0.15, 0.2) is 0 Å². The van der Waals surface area contributed by atoms with Crippen LogP contribution < -0.4 is 4.74 Å². The van der Waals surface area contributed by atoms with Crippen LogP contribution in [0.25, 0.3) is 0 Å². The molecular weight excluding hydrogens is 306 g/mol. The first-order valence-corrected chi connectivity index (χ1v) is 7.54. The Morgan fingerprint density at radius 2 is 2.16 bits per heavy atom. The second-order valence-electron chi connectivity index (χ2n) is 5.17. The minimum atomic E-state index is 0.0762. The zero-order valence-electron chi connectivity index (χ0n) is 11.5. The van der Waals surface area contributed by atoms with Gasteiger partial charge in [0.25, 0.3) is 5.91 Å². The lowest BCUT2D eigenvalue weighted by Gasteiger charge is -2.21. The summed E-state index contributed by atoms with van der Waals surface area (Å²) < 4.78 is 6.20. The van der Waals surface area contributed by atoms with Crippen LogP contribution in [0.2, 0.25) is 0 Å². The number of benzene rings is 1. The third-order valence-electron chi connectivity index (χ3n) is 3.70. The van der Waals surface area contributed by atoms with Crippen LogP contribution in [0, 0.1) is 5.92 Å². The van der Waals surface area contributed by atoms with Crippen LogP contribution in [-0.4, -0.2) is 31.0 Å². The Kier molecular flexibility index (Phi) is 4.86. The van der Waals surface area contributed by atoms with Gasteiger partial charge >= 0.3 is 0 Å². The minimum Gasteiger partial charge on any atom is -0.496 e. The monoisotopic (exact) mass is 325 g/mol. The van der Waals surface area contributed by atoms with E-state index in [1.165, 1.54) is 6.42 Å². The minimum absolute atomic E-state index is 0.0762. The van der Waals surface area contributed by atoms with E-state index in [1.54, 1.807) is 7.11 Å². The first-order chi connectivity index (χ1) is 9.11. The highest BCUT2D eigenvalue weighted by Crippen LogP contribution is 2.26. The summed E-state index contributed by atoms with van der Waals surface area (Å²) in [6.45, 7) is 3.95. The summed E-state index contributed by atoms with van der Waals surface area (Å²) in [6.07, 6.45) is 3.38. The highest BCUT2D eigenvalue weighted by molar-refractivity contribution is 9.10. The van der Waals surface area contributed by atoms with Crippen LogP contribution in [0.4, 0.5) is 0 Å². The molecule has 0 N–H and O–H groups in total. The van der Waals surface area contributed by atoms with Gasteiger partial charge in [-0.1, -0.05) is 22.9 Å². The molecule has 0 saturated carbocycles. The molecule has 0 spiro atoms. The van der Waals surface area contributed by atoms with Crippen LogP contribution in [-0.2, 0) is 0 Å². The van der Waals surface area contributed by atoms with E-state index in [2.05, 4.69) is 22.9 Å². The number of halogens is 1. The molecule has 1 saturated heterocycles. The van der Waals surface area contributed by atoms with E-state index in [4.69, 9.17) is 4.74 Å². The highest BCUT2D eigenvalue weighted by atomic mass is 79.9. The molecule has 1 aromatic rings. The number of ether oxygens (including phenoxy) is 1. The molecule has 0 aromatic heterocycles. The van der Waals surface area contributed by atoms with Crippen LogP contribution in [0.3, 0.4) is 0 Å². The van der Waals surface area contributed by atoms with Crippen molar-refractivity contribution in [2.75, 3.05) is 20.2 Å². The molecule has 0 bridgehead atoms. The number of carbonyl (C=O) groups is 1. The average Bonchev–Trinajstić information content (AvgIpc) is 2.62. The molecule has 1 atom stereocenters. The summed E-state index contributed by atoms with van der Waals surface area (Å²) in [5.74, 6) is 1.43. The van der Waals surface area contributed by atoms with Gasteiger partial charge in [0, 0.05) is 17.6 Å². The SMILES string of the molecule is COc1ccc(Br)cc1C(=O)N1CCCC(C)CC1. The zero-order chi connectivity index (χ0) is 13.8. The largest absolute Gasteiger partial charge is 0.496 e. The van der Waals surface area contributed by atoms with Gasteiger partial charge in [-0.2, -0.15) is 0 Å². The van der Waals surface area contributed by atoms with Crippen molar-refractivity contribution in [1.82, 2.24) is 4.90 Å². The van der Waals surface area contributed by atoms with Gasteiger partial charge in [-0.15, -0.1) is 0 Å². The summed E-state index contributed by atoms with van der Waals surface area (Å²) in [4.78, 5) is 14.6. The maximum atomic E-state index is 12.6. The smallest absolute Gasteiger partial charge is 0.257 e. The summed E-state index contributed by atoms with van der Waals surface area (Å²) >= 11 is 3.42. The molecular formula is C15H20BrNO2. The summed E-state index contributed by atoms with van der Waals surface area (Å²) in [5.41, 5.74) is 0.645. The maximum absolute atomic E-state index is 12.6. The fourth-order valence-corrected chi connectivity index (χ4v) is 2.84. The lowest BCUT2D eigenvalue weighted by Crippen LogP contribution is -2.32. The molecule has 19 heavy (non-hydrogen) atoms. The molecule has 104 valence electrons. The van der Waals surface area contributed by atoms with Gasteiger partial charge in [0.1, 0.15) is 5.75 Å². The third kappa shape index (κ3) is 3.50. The Labute approximate surface area is 123 Å². The Morgan fingerprint density at radius 1 is 1.37 bits per heavy atom. The predicted octanol–water partition coefficient (Wildman–Crippen LogP) is 3.72. The quantitative estimate of drug-likeness (QED) is 0.829. The Hall–Kier alpha value is -1.03. The molecule has 1 unspecified atom stereocenters. The van der Waals surface area contributed by atoms with Gasteiger partial charge in [0.05, 0.1) is 12.7 Å². The van der Waals surface area contributed by atoms with Crippen LogP contribution >= 0.6 is 15.9 Å². The molecule has 0 radical (unpaired) electrons. The molecule has 1 aliphatic rings. The summed E-state index contributed by atoms with van der Waals surface area (Å²) in [7, 11) is 1.60. The van der Waals surface area contributed by atoms with E-state index in [-0.39, 0.29) is 5.91 Å². The standard InChI is InChI=1S/C15H20BrNO2/c1-11-4-3-8-17(9-7-11)15(18)13-10-12(16)5-6-14(13)19-2/h5-6,10-11H,3-4,7-9H2,1-2H3. The molecule has 3 nitrogen and oxygen atoms in total. The van der Waals surface area contributed by atoms with Crippen LogP contribution in [0.5, 0.6) is 5.75 Å². The highest BCUT2D eigenvalue weighted by Gasteiger charge is 2.22. The normalized spacial score (nSPS) is 19.9. The van der Waals surface area contributed by atoms with Crippen molar-refractivity contribution in [2.24, 2.45) is 5.92 Å². The average molecular weight is 326 g/mol. The first kappa shape index (κ1) is 14.4. The lowest BCUT2D eigenvalue weighted by atomic mass is 10.0. The number of amides is 1. The fourth-order valence-electron chi connectivity index (χ4n) is 2.48. The second kappa shape index (κ2) is 6.42. The Bertz CT molecular complexity index is 461. The van der Waals surface area contributed by atoms with Crippen molar-refractivity contribution >= 4 is 21.8 Å². The number of likely N-dealkylation sites (tertiary alicyclic amines) is 1. The van der Waals surface area contributed by atoms with Crippen molar-refractivity contribution < 1.29 is 9.53 Å². The maximum Gasteiger partial charge on any atom is 0.257 e. The van der Waals surface area contributed by atoms with Crippen LogP contribution in [0.1, 0.15) is 36.5 Å². The number of carbonyl (C=O) groups excluding carboxylic acids is 1. The van der Waals surface area contributed by atoms with Crippen molar-refractivity contribution in [1.29, 1.82) is 0 Å². The van der Waals surface area contributed by atoms with Gasteiger partial charge < -0.3 is 9.64 Å². The molecule has 4 heteroatoms. The zero-order valence-corrected chi connectivity index (χ0v) is 13.1. The van der Waals surface area contributed by atoms with E-state index in [0.717, 1.165) is 30.4 Å². The van der Waals surface area contributed by atoms with Gasteiger partial charge in [-0.3, -0.25) is 4.79 Å². The second-order valence-corrected chi connectivity index (χ2v) is 6.09. The van der Waals surface area contributed by atoms with Crippen molar-refractivity contribution in [3.8, 4) is 5.75 Å². The number of hydrogen-bond acceptors (Lipinski definition) is 2. The summed E-state index contributed by atoms with van der Waals surface area (Å²) in [5, 5.41) is 0. The molecule has 1 amide bonds. The Morgan fingerprint density at radius 3 is 2.89 bits per heavy atom. The van der Waals surface area contributed by atoms with Gasteiger partial charge in [-0.05, 0) is 43.4 Å². The van der Waals surface area contributed by atoms with Crippen molar-refractivity contribution in [2.45, 2.75) is 26.2 Å². The van der Waals surface area contributed by atoms with Crippen LogP contribution in [0.15, 0.2) is 22.7 Å². The van der Waals surface area contributed by atoms with E-state index >= 15 is 0 Å². The molecule has 0 aliphatic carbocycles.